The second kappa shape index (κ2) is 6.36. The quantitative estimate of drug-likeness (QED) is 0.878. The summed E-state index contributed by atoms with van der Waals surface area (Å²) in [5, 5.41) is 3.07. The van der Waals surface area contributed by atoms with Gasteiger partial charge in [0.2, 0.25) is 0 Å². The van der Waals surface area contributed by atoms with Crippen molar-refractivity contribution < 1.29 is 9.53 Å². The molecule has 1 aromatic rings. The van der Waals surface area contributed by atoms with E-state index in [4.69, 9.17) is 4.74 Å². The Hall–Kier alpha value is -1.07. The number of fused-ring (bicyclic) bond motifs is 1. The molecule has 21 heavy (non-hydrogen) atoms. The van der Waals surface area contributed by atoms with Crippen molar-refractivity contribution >= 4 is 17.2 Å². The Bertz CT molecular complexity index is 521. The van der Waals surface area contributed by atoms with Crippen molar-refractivity contribution in [1.82, 2.24) is 10.2 Å². The maximum absolute atomic E-state index is 12.5. The fourth-order valence-corrected chi connectivity index (χ4v) is 4.33. The summed E-state index contributed by atoms with van der Waals surface area (Å²) >= 11 is 1.60. The van der Waals surface area contributed by atoms with E-state index in [-0.39, 0.29) is 11.3 Å². The highest BCUT2D eigenvalue weighted by Gasteiger charge is 2.27. The summed E-state index contributed by atoms with van der Waals surface area (Å²) in [6.07, 6.45) is 3.29. The Balaban J connectivity index is 2.04. The summed E-state index contributed by atoms with van der Waals surface area (Å²) < 4.78 is 5.49. The molecule has 0 radical (unpaired) electrons. The standard InChI is InChI=1S/C16H26N2O2S/c1-16(2,10-18(3)4)9-17-15(19)14-13(20-5)11-7-6-8-12(11)21-14/h6-10H2,1-5H3,(H,17,19). The number of ether oxygens (including phenoxy) is 1. The van der Waals surface area contributed by atoms with Crippen LogP contribution in [0.4, 0.5) is 0 Å². The van der Waals surface area contributed by atoms with Gasteiger partial charge in [0.15, 0.2) is 0 Å². The van der Waals surface area contributed by atoms with Gasteiger partial charge in [-0.1, -0.05) is 13.8 Å². The van der Waals surface area contributed by atoms with E-state index in [1.807, 2.05) is 0 Å². The molecule has 1 aliphatic carbocycles. The van der Waals surface area contributed by atoms with Crippen LogP contribution in [-0.4, -0.2) is 45.1 Å². The van der Waals surface area contributed by atoms with Crippen LogP contribution >= 0.6 is 11.3 Å². The summed E-state index contributed by atoms with van der Waals surface area (Å²) in [4.78, 5) is 16.7. The lowest BCUT2D eigenvalue weighted by Gasteiger charge is -2.28. The molecule has 1 N–H and O–H groups in total. The van der Waals surface area contributed by atoms with Crippen LogP contribution in [0, 0.1) is 5.41 Å². The monoisotopic (exact) mass is 310 g/mol. The first kappa shape index (κ1) is 16.3. The van der Waals surface area contributed by atoms with Crippen LogP contribution in [0.5, 0.6) is 5.75 Å². The van der Waals surface area contributed by atoms with Crippen molar-refractivity contribution in [2.75, 3.05) is 34.3 Å². The van der Waals surface area contributed by atoms with Crippen LogP contribution in [-0.2, 0) is 12.8 Å². The number of hydrogen-bond donors (Lipinski definition) is 1. The van der Waals surface area contributed by atoms with Gasteiger partial charge in [-0.15, -0.1) is 11.3 Å². The van der Waals surface area contributed by atoms with Crippen LogP contribution in [0.25, 0.3) is 0 Å². The van der Waals surface area contributed by atoms with Crippen LogP contribution in [0.1, 0.15) is 40.4 Å². The minimum Gasteiger partial charge on any atom is -0.495 e. The molecule has 0 bridgehead atoms. The Morgan fingerprint density at radius 3 is 2.71 bits per heavy atom. The third-order valence-electron chi connectivity index (χ3n) is 3.75. The van der Waals surface area contributed by atoms with E-state index in [1.54, 1.807) is 18.4 Å². The second-order valence-corrected chi connectivity index (χ2v) is 7.91. The molecular formula is C16H26N2O2S. The van der Waals surface area contributed by atoms with Crippen molar-refractivity contribution in [1.29, 1.82) is 0 Å². The molecule has 1 heterocycles. The Morgan fingerprint density at radius 1 is 1.38 bits per heavy atom. The number of nitrogens with one attached hydrogen (secondary N) is 1. The second-order valence-electron chi connectivity index (χ2n) is 6.80. The molecule has 0 atom stereocenters. The van der Waals surface area contributed by atoms with E-state index in [0.29, 0.717) is 6.54 Å². The Labute approximate surface area is 131 Å². The van der Waals surface area contributed by atoms with Crippen LogP contribution in [0.15, 0.2) is 0 Å². The number of hydrogen-bond acceptors (Lipinski definition) is 4. The first-order valence-corrected chi connectivity index (χ1v) is 8.27. The van der Waals surface area contributed by atoms with E-state index in [2.05, 4.69) is 38.2 Å². The molecule has 1 aliphatic rings. The predicted molar refractivity (Wildman–Crippen MR) is 87.6 cm³/mol. The van der Waals surface area contributed by atoms with E-state index in [1.165, 1.54) is 16.9 Å². The molecule has 0 unspecified atom stereocenters. The van der Waals surface area contributed by atoms with E-state index >= 15 is 0 Å². The smallest absolute Gasteiger partial charge is 0.265 e. The fraction of sp³-hybridized carbons (Fsp3) is 0.688. The molecule has 0 saturated heterocycles. The minimum atomic E-state index is -0.00178. The summed E-state index contributed by atoms with van der Waals surface area (Å²) in [7, 11) is 5.76. The zero-order chi connectivity index (χ0) is 15.6. The van der Waals surface area contributed by atoms with E-state index in [9.17, 15) is 4.79 Å². The van der Waals surface area contributed by atoms with Gasteiger partial charge in [0.25, 0.3) is 5.91 Å². The zero-order valence-electron chi connectivity index (χ0n) is 13.7. The summed E-state index contributed by atoms with van der Waals surface area (Å²) in [5.41, 5.74) is 1.30. The lowest BCUT2D eigenvalue weighted by molar-refractivity contribution is 0.0930. The van der Waals surface area contributed by atoms with Crippen molar-refractivity contribution in [2.45, 2.75) is 33.1 Å². The maximum Gasteiger partial charge on any atom is 0.265 e. The number of nitrogens with zero attached hydrogens (tertiary/aromatic N) is 1. The molecule has 1 aromatic heterocycles. The summed E-state index contributed by atoms with van der Waals surface area (Å²) in [6, 6.07) is 0. The number of amides is 1. The molecule has 0 spiro atoms. The number of thiophene rings is 1. The topological polar surface area (TPSA) is 41.6 Å². The average molecular weight is 310 g/mol. The van der Waals surface area contributed by atoms with Crippen molar-refractivity contribution in [3.63, 3.8) is 0 Å². The molecule has 4 nitrogen and oxygen atoms in total. The average Bonchev–Trinajstić information content (AvgIpc) is 2.94. The van der Waals surface area contributed by atoms with E-state index < -0.39 is 0 Å². The molecule has 2 rings (SSSR count). The molecule has 118 valence electrons. The van der Waals surface area contributed by atoms with E-state index in [0.717, 1.165) is 30.0 Å². The van der Waals surface area contributed by atoms with Crippen LogP contribution in [0.2, 0.25) is 0 Å². The van der Waals surface area contributed by atoms with Crippen molar-refractivity contribution in [3.8, 4) is 5.75 Å². The molecule has 0 saturated carbocycles. The van der Waals surface area contributed by atoms with Gasteiger partial charge in [-0.25, -0.2) is 0 Å². The molecule has 0 aromatic carbocycles. The number of rotatable bonds is 6. The van der Waals surface area contributed by atoms with Crippen molar-refractivity contribution in [3.05, 3.63) is 15.3 Å². The Morgan fingerprint density at radius 2 is 2.10 bits per heavy atom. The molecule has 1 amide bonds. The minimum absolute atomic E-state index is 0.00178. The van der Waals surface area contributed by atoms with Gasteiger partial charge in [-0.3, -0.25) is 4.79 Å². The van der Waals surface area contributed by atoms with Crippen LogP contribution < -0.4 is 10.1 Å². The number of aryl methyl sites for hydroxylation is 1. The Kier molecular flexibility index (Phi) is 4.94. The number of carbonyl (C=O) groups excluding carboxylic acids is 1. The molecule has 5 heteroatoms. The molecule has 0 aliphatic heterocycles. The normalized spacial score (nSPS) is 14.4. The van der Waals surface area contributed by atoms with Gasteiger partial charge in [0.05, 0.1) is 7.11 Å². The maximum atomic E-state index is 12.5. The number of carbonyl (C=O) groups is 1. The fourth-order valence-electron chi connectivity index (χ4n) is 3.05. The van der Waals surface area contributed by atoms with Gasteiger partial charge in [-0.05, 0) is 38.8 Å². The largest absolute Gasteiger partial charge is 0.495 e. The first-order chi connectivity index (χ1) is 9.84. The zero-order valence-corrected chi connectivity index (χ0v) is 14.5. The highest BCUT2D eigenvalue weighted by Crippen LogP contribution is 2.40. The molecule has 0 fully saturated rings. The lowest BCUT2D eigenvalue weighted by Crippen LogP contribution is -2.39. The van der Waals surface area contributed by atoms with Crippen molar-refractivity contribution in [2.24, 2.45) is 5.41 Å². The van der Waals surface area contributed by atoms with Gasteiger partial charge in [-0.2, -0.15) is 0 Å². The first-order valence-electron chi connectivity index (χ1n) is 7.45. The SMILES string of the molecule is COc1c(C(=O)NCC(C)(C)CN(C)C)sc2c1CCC2. The third-order valence-corrected chi connectivity index (χ3v) is 5.03. The van der Waals surface area contributed by atoms with Crippen LogP contribution in [0.3, 0.4) is 0 Å². The third kappa shape index (κ3) is 3.77. The summed E-state index contributed by atoms with van der Waals surface area (Å²) in [6.45, 7) is 5.93. The predicted octanol–water partition coefficient (Wildman–Crippen LogP) is 2.56. The van der Waals surface area contributed by atoms with Gasteiger partial charge in [0, 0.05) is 23.5 Å². The van der Waals surface area contributed by atoms with Gasteiger partial charge >= 0.3 is 0 Å². The van der Waals surface area contributed by atoms with Gasteiger partial charge < -0.3 is 15.0 Å². The van der Waals surface area contributed by atoms with Gasteiger partial charge in [0.1, 0.15) is 10.6 Å². The summed E-state index contributed by atoms with van der Waals surface area (Å²) in [5.74, 6) is 0.800. The highest BCUT2D eigenvalue weighted by molar-refractivity contribution is 7.14. The number of methoxy groups -OCH3 is 1. The lowest BCUT2D eigenvalue weighted by atomic mass is 9.93. The molecular weight excluding hydrogens is 284 g/mol. The highest BCUT2D eigenvalue weighted by atomic mass is 32.1.